The highest BCUT2D eigenvalue weighted by Gasteiger charge is 2.43. The van der Waals surface area contributed by atoms with Gasteiger partial charge in [-0.15, -0.1) is 0 Å². The molecule has 8 nitrogen and oxygen atoms in total. The van der Waals surface area contributed by atoms with E-state index in [1.165, 1.54) is 0 Å². The van der Waals surface area contributed by atoms with Gasteiger partial charge in [0.15, 0.2) is 0 Å². The molecule has 2 aliphatic rings. The van der Waals surface area contributed by atoms with Crippen LogP contribution in [0.25, 0.3) is 22.2 Å². The number of hydrogen-bond donors (Lipinski definition) is 2. The summed E-state index contributed by atoms with van der Waals surface area (Å²) in [7, 11) is 1.86. The number of amides is 2. The Hall–Kier alpha value is -3.14. The Labute approximate surface area is 190 Å². The van der Waals surface area contributed by atoms with Crippen LogP contribution in [0.4, 0.5) is 19.4 Å². The molecule has 2 amide bonds. The number of hydrogen-bond acceptors (Lipinski definition) is 5. The molecular weight excluding hydrogens is 428 g/mol. The first-order valence-corrected chi connectivity index (χ1v) is 11.3. The number of carbonyl (C=O) groups is 1. The number of halogens is 2. The van der Waals surface area contributed by atoms with E-state index < -0.39 is 19.4 Å². The number of carbonyl (C=O) groups excluding carboxylic acids is 1. The van der Waals surface area contributed by atoms with Gasteiger partial charge in [0.25, 0.3) is 0 Å². The summed E-state index contributed by atoms with van der Waals surface area (Å²) in [5, 5.41) is 11.1. The van der Waals surface area contributed by atoms with Crippen molar-refractivity contribution in [3.05, 3.63) is 36.8 Å². The zero-order valence-corrected chi connectivity index (χ0v) is 18.4. The average molecular weight is 456 g/mol. The Morgan fingerprint density at radius 2 is 1.94 bits per heavy atom. The summed E-state index contributed by atoms with van der Waals surface area (Å²) in [6.07, 6.45) is 8.54. The van der Waals surface area contributed by atoms with Gasteiger partial charge in [-0.1, -0.05) is 0 Å². The second-order valence-electron chi connectivity index (χ2n) is 8.92. The number of pyridine rings is 2. The van der Waals surface area contributed by atoms with Crippen molar-refractivity contribution >= 4 is 22.8 Å². The topological polar surface area (TPSA) is 88.0 Å². The average Bonchev–Trinajstić information content (AvgIpc) is 3.37. The molecule has 2 N–H and O–H groups in total. The predicted octanol–water partition coefficient (Wildman–Crippen LogP) is 3.45. The van der Waals surface area contributed by atoms with Crippen LogP contribution in [0.5, 0.6) is 0 Å². The fourth-order valence-corrected chi connectivity index (χ4v) is 5.08. The van der Waals surface area contributed by atoms with Gasteiger partial charge >= 0.3 is 6.03 Å². The van der Waals surface area contributed by atoms with Gasteiger partial charge in [0.2, 0.25) is 0 Å². The first kappa shape index (κ1) is 21.7. The van der Waals surface area contributed by atoms with Crippen molar-refractivity contribution < 1.29 is 13.6 Å². The van der Waals surface area contributed by atoms with Crippen molar-refractivity contribution in [1.82, 2.24) is 30.0 Å². The van der Waals surface area contributed by atoms with Crippen LogP contribution >= 0.6 is 0 Å². The van der Waals surface area contributed by atoms with Crippen molar-refractivity contribution in [1.29, 1.82) is 0 Å². The maximum atomic E-state index is 13.1. The van der Waals surface area contributed by atoms with Crippen LogP contribution in [0.2, 0.25) is 0 Å². The minimum Gasteiger partial charge on any atom is -0.318 e. The minimum atomic E-state index is -0.763. The molecule has 0 radical (unpaired) electrons. The summed E-state index contributed by atoms with van der Waals surface area (Å²) >= 11 is 0. The Morgan fingerprint density at radius 3 is 2.61 bits per heavy atom. The molecule has 0 aliphatic carbocycles. The molecule has 2 aliphatic heterocycles. The molecule has 1 unspecified atom stereocenters. The molecule has 3 atom stereocenters. The van der Waals surface area contributed by atoms with Crippen LogP contribution in [-0.2, 0) is 7.05 Å². The Kier molecular flexibility index (Phi) is 5.92. The first-order valence-electron chi connectivity index (χ1n) is 11.3. The summed E-state index contributed by atoms with van der Waals surface area (Å²) in [5.41, 5.74) is 2.44. The van der Waals surface area contributed by atoms with E-state index in [9.17, 15) is 13.6 Å². The zero-order valence-electron chi connectivity index (χ0n) is 18.4. The van der Waals surface area contributed by atoms with Crippen molar-refractivity contribution in [2.45, 2.75) is 49.9 Å². The molecule has 2 fully saturated rings. The minimum absolute atomic E-state index is 0.0249. The molecule has 33 heavy (non-hydrogen) atoms. The maximum Gasteiger partial charge on any atom is 0.323 e. The summed E-state index contributed by atoms with van der Waals surface area (Å²) in [6.45, 7) is -1.45. The molecule has 5 rings (SSSR count). The van der Waals surface area contributed by atoms with Gasteiger partial charge in [-0.05, 0) is 37.8 Å². The smallest absolute Gasteiger partial charge is 0.318 e. The molecule has 174 valence electrons. The van der Waals surface area contributed by atoms with E-state index in [-0.39, 0.29) is 24.2 Å². The van der Waals surface area contributed by atoms with E-state index >= 15 is 0 Å². The lowest BCUT2D eigenvalue weighted by molar-refractivity contribution is 0.133. The number of urea groups is 1. The van der Waals surface area contributed by atoms with Crippen molar-refractivity contribution in [3.8, 4) is 11.3 Å². The normalized spacial score (nSPS) is 22.3. The number of alkyl halides is 2. The van der Waals surface area contributed by atoms with E-state index in [0.29, 0.717) is 18.7 Å². The highest BCUT2D eigenvalue weighted by atomic mass is 19.1. The van der Waals surface area contributed by atoms with Crippen LogP contribution in [0.15, 0.2) is 36.8 Å². The molecular formula is C23H27F2N7O. The summed E-state index contributed by atoms with van der Waals surface area (Å²) < 4.78 is 27.5. The van der Waals surface area contributed by atoms with Gasteiger partial charge in [-0.25, -0.2) is 23.5 Å². The van der Waals surface area contributed by atoms with E-state index in [1.54, 1.807) is 23.1 Å². The molecule has 2 saturated heterocycles. The third kappa shape index (κ3) is 4.39. The molecule has 0 aromatic carbocycles. The lowest BCUT2D eigenvalue weighted by Gasteiger charge is -2.39. The number of anilines is 1. The van der Waals surface area contributed by atoms with Crippen LogP contribution in [-0.4, -0.2) is 68.2 Å². The molecule has 10 heteroatoms. The fourth-order valence-electron chi connectivity index (χ4n) is 5.08. The maximum absolute atomic E-state index is 13.1. The van der Waals surface area contributed by atoms with Crippen LogP contribution in [0.3, 0.4) is 0 Å². The number of fused-ring (bicyclic) bond motifs is 3. The van der Waals surface area contributed by atoms with Crippen molar-refractivity contribution in [3.63, 3.8) is 0 Å². The Balaban J connectivity index is 1.29. The summed E-state index contributed by atoms with van der Waals surface area (Å²) in [6, 6.07) is 4.82. The molecule has 0 saturated carbocycles. The van der Waals surface area contributed by atoms with Crippen LogP contribution in [0.1, 0.15) is 25.7 Å². The summed E-state index contributed by atoms with van der Waals surface area (Å²) in [5.74, 6) is 0.443. The number of nitrogens with one attached hydrogen (secondary N) is 2. The summed E-state index contributed by atoms with van der Waals surface area (Å²) in [4.78, 5) is 24.1. The lowest BCUT2D eigenvalue weighted by Crippen LogP contribution is -2.54. The quantitative estimate of drug-likeness (QED) is 0.595. The van der Waals surface area contributed by atoms with Gasteiger partial charge in [-0.2, -0.15) is 5.10 Å². The van der Waals surface area contributed by atoms with Crippen LogP contribution in [0, 0.1) is 0 Å². The highest BCUT2D eigenvalue weighted by molar-refractivity contribution is 5.91. The molecule has 3 aromatic rings. The van der Waals surface area contributed by atoms with E-state index in [0.717, 1.165) is 35.0 Å². The van der Waals surface area contributed by atoms with Gasteiger partial charge in [0, 0.05) is 54.6 Å². The first-order chi connectivity index (χ1) is 16.0. The zero-order chi connectivity index (χ0) is 22.9. The second kappa shape index (κ2) is 9.01. The molecule has 3 aromatic heterocycles. The molecule has 0 spiro atoms. The number of nitrogens with zero attached hydrogens (tertiary/aromatic N) is 5. The fraction of sp³-hybridized carbons (Fsp3) is 0.478. The number of rotatable bonds is 6. The monoisotopic (exact) mass is 455 g/mol. The number of aromatic nitrogens is 4. The third-order valence-electron chi connectivity index (χ3n) is 6.62. The Bertz CT molecular complexity index is 1130. The van der Waals surface area contributed by atoms with Crippen molar-refractivity contribution in [2.24, 2.45) is 7.05 Å². The van der Waals surface area contributed by atoms with Gasteiger partial charge in [-0.3, -0.25) is 10.00 Å². The van der Waals surface area contributed by atoms with Crippen molar-refractivity contribution in [2.75, 3.05) is 18.7 Å². The second-order valence-corrected chi connectivity index (χ2v) is 8.92. The largest absolute Gasteiger partial charge is 0.323 e. The lowest BCUT2D eigenvalue weighted by atomic mass is 9.97. The van der Waals surface area contributed by atoms with E-state index in [1.807, 2.05) is 30.3 Å². The number of aryl methyl sites for hydroxylation is 1. The third-order valence-corrected chi connectivity index (χ3v) is 6.62. The van der Waals surface area contributed by atoms with Gasteiger partial charge in [0.05, 0.1) is 23.4 Å². The predicted molar refractivity (Wildman–Crippen MR) is 121 cm³/mol. The van der Waals surface area contributed by atoms with Gasteiger partial charge < -0.3 is 10.2 Å². The van der Waals surface area contributed by atoms with E-state index in [4.69, 9.17) is 4.98 Å². The van der Waals surface area contributed by atoms with E-state index in [2.05, 4.69) is 20.7 Å². The number of piperidine rings is 1. The highest BCUT2D eigenvalue weighted by Crippen LogP contribution is 2.36. The van der Waals surface area contributed by atoms with Gasteiger partial charge in [0.1, 0.15) is 19.2 Å². The molecule has 2 bridgehead atoms. The standard InChI is InChI=1S/C23H27F2N7O/c1-31-13-15(12-27-31)20-5-2-14-11-26-22(8-21(14)29-20)30-23(33)32-18-3-4-19(32)7-16(6-18)28-17(9-24)10-25/h2,5,8,11-13,16-19,28H,3-4,6-7,9-10H2,1H3,(H,26,30,33)/t16?,18-,19+. The van der Waals surface area contributed by atoms with Crippen LogP contribution < -0.4 is 10.6 Å². The SMILES string of the molecule is Cn1cc(-c2ccc3cnc(NC(=O)N4[C@@H]5CC[C@H]4CC(NC(CF)CF)C5)cc3n2)cn1. The molecule has 5 heterocycles. The Morgan fingerprint density at radius 1 is 1.18 bits per heavy atom.